The molecule has 182 valence electrons. The standard InChI is InChI=1S/C28H41NO4/c1-28(2)32-22-25-20-24(15-16-27(25)33-28)26(30)21-29-17-9-3-4-10-18-31-19-11-8-14-23-12-6-5-7-13-23/h5-7,12-13,15-16,20,26,29-30H,3-4,8-11,14,17-19,21-22H2,1-2H3/i5D,8D2,11D2,12D,13D,14D2,17D2,19D2. The van der Waals surface area contributed by atoms with Crippen molar-refractivity contribution in [1.82, 2.24) is 5.32 Å². The number of nitrogens with one attached hydrogen (secondary N) is 1. The van der Waals surface area contributed by atoms with Crippen LogP contribution in [-0.2, 0) is 22.5 Å². The Morgan fingerprint density at radius 1 is 1.18 bits per heavy atom. The number of rotatable bonds is 15. The van der Waals surface area contributed by atoms with E-state index in [9.17, 15) is 5.11 Å². The number of aliphatic hydroxyl groups excluding tert-OH is 1. The monoisotopic (exact) mass is 468 g/mol. The van der Waals surface area contributed by atoms with E-state index in [1.807, 2.05) is 0 Å². The lowest BCUT2D eigenvalue weighted by Gasteiger charge is -2.33. The fourth-order valence-corrected chi connectivity index (χ4v) is 3.09. The summed E-state index contributed by atoms with van der Waals surface area (Å²) in [4.78, 5) is 0. The summed E-state index contributed by atoms with van der Waals surface area (Å²) >= 11 is 0. The normalized spacial score (nSPS) is 23.5. The first-order valence-corrected chi connectivity index (χ1v) is 11.1. The first-order valence-electron chi connectivity index (χ1n) is 17.6. The summed E-state index contributed by atoms with van der Waals surface area (Å²) in [5, 5.41) is 13.3. The van der Waals surface area contributed by atoms with E-state index in [2.05, 4.69) is 5.32 Å². The maximum Gasteiger partial charge on any atom is 0.205 e. The quantitative estimate of drug-likeness (QED) is 0.335. The first kappa shape index (κ1) is 13.2. The van der Waals surface area contributed by atoms with Crippen LogP contribution in [0.25, 0.3) is 0 Å². The van der Waals surface area contributed by atoms with Crippen LogP contribution >= 0.6 is 0 Å². The van der Waals surface area contributed by atoms with Gasteiger partial charge in [0.2, 0.25) is 5.79 Å². The van der Waals surface area contributed by atoms with Gasteiger partial charge in [-0.15, -0.1) is 0 Å². The van der Waals surface area contributed by atoms with Crippen molar-refractivity contribution in [2.24, 2.45) is 0 Å². The van der Waals surface area contributed by atoms with Crippen molar-refractivity contribution >= 4 is 0 Å². The second kappa shape index (κ2) is 13.7. The van der Waals surface area contributed by atoms with Gasteiger partial charge in [0.1, 0.15) is 5.75 Å². The molecule has 33 heavy (non-hydrogen) atoms. The van der Waals surface area contributed by atoms with E-state index in [4.69, 9.17) is 32.0 Å². The Hall–Kier alpha value is -1.92. The topological polar surface area (TPSA) is 60.0 Å². The van der Waals surface area contributed by atoms with Crippen LogP contribution in [-0.4, -0.2) is 37.1 Å². The highest BCUT2D eigenvalue weighted by Gasteiger charge is 2.27. The fourth-order valence-electron chi connectivity index (χ4n) is 3.09. The number of hydrogen-bond acceptors (Lipinski definition) is 5. The Bertz CT molecular complexity index is 1350. The van der Waals surface area contributed by atoms with Gasteiger partial charge in [-0.05, 0) is 61.7 Å². The van der Waals surface area contributed by atoms with Crippen LogP contribution in [0.5, 0.6) is 5.75 Å². The fraction of sp³-hybridized carbons (Fsp3) is 0.571. The van der Waals surface area contributed by atoms with E-state index in [1.165, 1.54) is 0 Å². The van der Waals surface area contributed by atoms with E-state index < -0.39 is 61.7 Å². The van der Waals surface area contributed by atoms with E-state index in [1.54, 1.807) is 32.0 Å². The number of hydrogen-bond donors (Lipinski definition) is 2. The maximum atomic E-state index is 10.6. The van der Waals surface area contributed by atoms with Crippen LogP contribution in [0.15, 0.2) is 48.5 Å². The highest BCUT2D eigenvalue weighted by atomic mass is 16.7. The van der Waals surface area contributed by atoms with Crippen molar-refractivity contribution in [1.29, 1.82) is 0 Å². The summed E-state index contributed by atoms with van der Waals surface area (Å²) in [6.45, 7) is -1.68. The zero-order valence-corrected chi connectivity index (χ0v) is 19.1. The third-order valence-corrected chi connectivity index (χ3v) is 4.84. The minimum Gasteiger partial charge on any atom is -0.463 e. The van der Waals surface area contributed by atoms with Crippen LogP contribution in [0.4, 0.5) is 0 Å². The third-order valence-electron chi connectivity index (χ3n) is 4.84. The highest BCUT2D eigenvalue weighted by molar-refractivity contribution is 5.39. The molecule has 2 N–H and O–H groups in total. The number of aliphatic hydroxyl groups is 1. The Labute approximate surface area is 217 Å². The number of unbranched alkanes of at least 4 members (excludes halogenated alkanes) is 2. The SMILES string of the molecule is [2H]c1cc([2H])c(C([2H])([2H])C([2H])([2H])C([2H])([2H])C([2H])([2H])OCCCCCC([2H])([2H])NCC(O)c2ccc3c(c2)COC(C)(C)O3)c([2H])c1. The minimum absolute atomic E-state index is 0.0408. The van der Waals surface area contributed by atoms with Crippen LogP contribution in [0.3, 0.4) is 0 Å². The van der Waals surface area contributed by atoms with Crippen molar-refractivity contribution in [3.05, 3.63) is 65.1 Å². The molecule has 5 heteroatoms. The number of fused-ring (bicyclic) bond motifs is 1. The van der Waals surface area contributed by atoms with Crippen molar-refractivity contribution in [3.8, 4) is 5.75 Å². The zero-order chi connectivity index (χ0) is 34.9. The van der Waals surface area contributed by atoms with Gasteiger partial charge in [0.15, 0.2) is 0 Å². The predicted molar refractivity (Wildman–Crippen MR) is 132 cm³/mol. The average molecular weight is 469 g/mol. The van der Waals surface area contributed by atoms with Crippen LogP contribution in [0.1, 0.15) is 92.9 Å². The van der Waals surface area contributed by atoms with E-state index in [0.717, 1.165) is 17.7 Å². The van der Waals surface area contributed by atoms with Crippen molar-refractivity contribution in [2.45, 2.75) is 77.1 Å². The van der Waals surface area contributed by atoms with Crippen LogP contribution in [0.2, 0.25) is 0 Å². The van der Waals surface area contributed by atoms with Crippen molar-refractivity contribution in [2.75, 3.05) is 26.2 Å². The zero-order valence-electron chi connectivity index (χ0n) is 32.1. The largest absolute Gasteiger partial charge is 0.463 e. The molecule has 0 radical (unpaired) electrons. The van der Waals surface area contributed by atoms with E-state index >= 15 is 0 Å². The molecule has 1 atom stereocenters. The molecule has 0 bridgehead atoms. The van der Waals surface area contributed by atoms with Crippen molar-refractivity contribution < 1.29 is 37.1 Å². The molecular formula is C28H41NO4. The summed E-state index contributed by atoms with van der Waals surface area (Å²) in [7, 11) is 0. The smallest absolute Gasteiger partial charge is 0.205 e. The lowest BCUT2D eigenvalue weighted by molar-refractivity contribution is -0.180. The lowest BCUT2D eigenvalue weighted by Crippen LogP contribution is -2.35. The molecule has 5 nitrogen and oxygen atoms in total. The molecule has 0 fully saturated rings. The van der Waals surface area contributed by atoms with Gasteiger partial charge in [-0.2, -0.15) is 0 Å². The third kappa shape index (κ3) is 9.46. The maximum absolute atomic E-state index is 10.6. The molecule has 0 aromatic heterocycles. The molecule has 2 aromatic carbocycles. The molecule has 0 aliphatic carbocycles. The molecular weight excluding hydrogens is 414 g/mol. The summed E-state index contributed by atoms with van der Waals surface area (Å²) in [5.41, 5.74) is 0.542. The van der Waals surface area contributed by atoms with E-state index in [-0.39, 0.29) is 32.0 Å². The van der Waals surface area contributed by atoms with Gasteiger partial charge in [-0.3, -0.25) is 0 Å². The molecule has 1 aliphatic heterocycles. The van der Waals surface area contributed by atoms with Gasteiger partial charge >= 0.3 is 0 Å². The predicted octanol–water partition coefficient (Wildman–Crippen LogP) is 5.55. The molecule has 3 rings (SSSR count). The molecule has 0 spiro atoms. The van der Waals surface area contributed by atoms with Gasteiger partial charge in [-0.1, -0.05) is 49.2 Å². The average Bonchev–Trinajstić information content (AvgIpc) is 2.91. The Morgan fingerprint density at radius 2 is 2.00 bits per heavy atom. The van der Waals surface area contributed by atoms with Gasteiger partial charge in [-0.25, -0.2) is 0 Å². The summed E-state index contributed by atoms with van der Waals surface area (Å²) < 4.78 is 122. The molecule has 0 saturated heterocycles. The van der Waals surface area contributed by atoms with Gasteiger partial charge in [0.05, 0.1) is 19.6 Å². The van der Waals surface area contributed by atoms with Gasteiger partial charge in [0.25, 0.3) is 0 Å². The minimum atomic E-state index is -3.61. The van der Waals surface area contributed by atoms with Crippen LogP contribution in [0, 0.1) is 0 Å². The molecule has 1 aliphatic rings. The Morgan fingerprint density at radius 3 is 2.85 bits per heavy atom. The number of ether oxygens (including phenoxy) is 3. The first-order chi connectivity index (χ1) is 20.9. The molecule has 0 amide bonds. The summed E-state index contributed by atoms with van der Waals surface area (Å²) in [5.74, 6) is -0.0910. The van der Waals surface area contributed by atoms with Crippen molar-refractivity contribution in [3.63, 3.8) is 0 Å². The second-order valence-electron chi connectivity index (χ2n) is 7.99. The lowest BCUT2D eigenvalue weighted by atomic mass is 10.0. The number of benzene rings is 2. The Kier molecular flexibility index (Phi) is 5.50. The molecule has 1 unspecified atom stereocenters. The summed E-state index contributed by atoms with van der Waals surface area (Å²) in [6, 6.07) is 5.35. The molecule has 2 aromatic rings. The van der Waals surface area contributed by atoms with E-state index in [0.29, 0.717) is 30.8 Å². The van der Waals surface area contributed by atoms with Gasteiger partial charge in [0, 0.05) is 50.1 Å². The Balaban J connectivity index is 1.48. The second-order valence-corrected chi connectivity index (χ2v) is 7.99. The van der Waals surface area contributed by atoms with Gasteiger partial charge < -0.3 is 24.6 Å². The highest BCUT2D eigenvalue weighted by Crippen LogP contribution is 2.32. The summed E-state index contributed by atoms with van der Waals surface area (Å²) in [6.07, 6.45) is -10.6. The molecule has 1 heterocycles. The van der Waals surface area contributed by atoms with Crippen LogP contribution < -0.4 is 10.1 Å². The molecule has 0 saturated carbocycles.